The van der Waals surface area contributed by atoms with E-state index in [-0.39, 0.29) is 0 Å². The highest BCUT2D eigenvalue weighted by molar-refractivity contribution is 6.32. The molecule has 0 aliphatic heterocycles. The second-order valence-electron chi connectivity index (χ2n) is 3.07. The number of ether oxygens (including phenoxy) is 1. The van der Waals surface area contributed by atoms with Gasteiger partial charge in [0.15, 0.2) is 6.10 Å². The summed E-state index contributed by atoms with van der Waals surface area (Å²) in [6.45, 7) is 1.82. The van der Waals surface area contributed by atoms with Gasteiger partial charge < -0.3 is 15.6 Å². The Morgan fingerprint density at radius 2 is 2.33 bits per heavy atom. The number of benzene rings is 1. The Labute approximate surface area is 92.6 Å². The highest BCUT2D eigenvalue weighted by Crippen LogP contribution is 2.26. The smallest absolute Gasteiger partial charge is 0.344 e. The molecule has 1 unspecified atom stereocenters. The van der Waals surface area contributed by atoms with Crippen molar-refractivity contribution in [1.29, 1.82) is 0 Å². The van der Waals surface area contributed by atoms with Crippen LogP contribution in [0.4, 0.5) is 0 Å². The van der Waals surface area contributed by atoms with Gasteiger partial charge in [-0.05, 0) is 24.6 Å². The van der Waals surface area contributed by atoms with E-state index in [9.17, 15) is 4.79 Å². The van der Waals surface area contributed by atoms with Crippen molar-refractivity contribution in [2.24, 2.45) is 5.73 Å². The van der Waals surface area contributed by atoms with Crippen LogP contribution in [-0.2, 0) is 11.3 Å². The summed E-state index contributed by atoms with van der Waals surface area (Å²) in [6, 6.07) is 5.02. The normalized spacial score (nSPS) is 12.2. The van der Waals surface area contributed by atoms with Crippen molar-refractivity contribution in [3.05, 3.63) is 28.8 Å². The lowest BCUT2D eigenvalue weighted by molar-refractivity contribution is -0.144. The van der Waals surface area contributed by atoms with Gasteiger partial charge in [-0.25, -0.2) is 4.79 Å². The summed E-state index contributed by atoms with van der Waals surface area (Å²) < 4.78 is 5.13. The van der Waals surface area contributed by atoms with Crippen LogP contribution in [0.2, 0.25) is 5.02 Å². The standard InChI is InChI=1S/C10H12ClNO3/c1-6(10(13)14)15-9-3-2-7(5-12)4-8(9)11/h2-4,6H,5,12H2,1H3,(H,13,14). The number of hydrogen-bond donors (Lipinski definition) is 2. The van der Waals surface area contributed by atoms with Gasteiger partial charge in [-0.3, -0.25) is 0 Å². The molecule has 0 spiro atoms. The molecule has 0 bridgehead atoms. The third-order valence-corrected chi connectivity index (χ3v) is 2.18. The van der Waals surface area contributed by atoms with E-state index < -0.39 is 12.1 Å². The Bertz CT molecular complexity index is 368. The Morgan fingerprint density at radius 3 is 2.80 bits per heavy atom. The second kappa shape index (κ2) is 5.00. The largest absolute Gasteiger partial charge is 0.479 e. The molecule has 15 heavy (non-hydrogen) atoms. The number of halogens is 1. The first kappa shape index (κ1) is 11.8. The van der Waals surface area contributed by atoms with Crippen LogP contribution in [0, 0.1) is 0 Å². The van der Waals surface area contributed by atoms with E-state index in [0.717, 1.165) is 5.56 Å². The molecule has 5 heteroatoms. The monoisotopic (exact) mass is 229 g/mol. The van der Waals surface area contributed by atoms with Crippen molar-refractivity contribution >= 4 is 17.6 Å². The first-order chi connectivity index (χ1) is 7.04. The Kier molecular flexibility index (Phi) is 3.94. The molecule has 0 aliphatic rings. The van der Waals surface area contributed by atoms with Crippen LogP contribution in [-0.4, -0.2) is 17.2 Å². The molecule has 1 aromatic rings. The molecular formula is C10H12ClNO3. The molecule has 3 N–H and O–H groups in total. The van der Waals surface area contributed by atoms with Gasteiger partial charge in [0.25, 0.3) is 0 Å². The van der Waals surface area contributed by atoms with Crippen LogP contribution >= 0.6 is 11.6 Å². The van der Waals surface area contributed by atoms with E-state index in [1.165, 1.54) is 6.92 Å². The van der Waals surface area contributed by atoms with Crippen molar-refractivity contribution in [3.63, 3.8) is 0 Å². The van der Waals surface area contributed by atoms with Crippen molar-refractivity contribution in [2.75, 3.05) is 0 Å². The van der Waals surface area contributed by atoms with Crippen LogP contribution in [0.25, 0.3) is 0 Å². The van der Waals surface area contributed by atoms with Gasteiger partial charge in [0, 0.05) is 6.54 Å². The highest BCUT2D eigenvalue weighted by atomic mass is 35.5. The van der Waals surface area contributed by atoms with Gasteiger partial charge >= 0.3 is 5.97 Å². The van der Waals surface area contributed by atoms with Gasteiger partial charge in [0.2, 0.25) is 0 Å². The summed E-state index contributed by atoms with van der Waals surface area (Å²) in [4.78, 5) is 10.5. The maximum absolute atomic E-state index is 10.5. The molecule has 0 aromatic heterocycles. The lowest BCUT2D eigenvalue weighted by Crippen LogP contribution is -2.23. The van der Waals surface area contributed by atoms with Gasteiger partial charge in [0.05, 0.1) is 5.02 Å². The lowest BCUT2D eigenvalue weighted by atomic mass is 10.2. The van der Waals surface area contributed by atoms with Gasteiger partial charge in [-0.15, -0.1) is 0 Å². The molecule has 1 rings (SSSR count). The molecule has 1 atom stereocenters. The number of nitrogens with two attached hydrogens (primary N) is 1. The average Bonchev–Trinajstić information content (AvgIpc) is 2.20. The van der Waals surface area contributed by atoms with Crippen LogP contribution in [0.5, 0.6) is 5.75 Å². The minimum absolute atomic E-state index is 0.351. The van der Waals surface area contributed by atoms with Crippen molar-refractivity contribution in [1.82, 2.24) is 0 Å². The fourth-order valence-corrected chi connectivity index (χ4v) is 1.26. The molecule has 0 saturated carbocycles. The van der Waals surface area contributed by atoms with Crippen LogP contribution in [0.3, 0.4) is 0 Å². The van der Waals surface area contributed by atoms with Gasteiger partial charge in [-0.1, -0.05) is 17.7 Å². The SMILES string of the molecule is CC(Oc1ccc(CN)cc1Cl)C(=O)O. The van der Waals surface area contributed by atoms with Crippen LogP contribution in [0.15, 0.2) is 18.2 Å². The number of carbonyl (C=O) groups is 1. The molecule has 1 aromatic carbocycles. The first-order valence-corrected chi connectivity index (χ1v) is 4.80. The predicted molar refractivity (Wildman–Crippen MR) is 57.1 cm³/mol. The molecule has 0 saturated heterocycles. The van der Waals surface area contributed by atoms with E-state index in [1.54, 1.807) is 18.2 Å². The van der Waals surface area contributed by atoms with E-state index >= 15 is 0 Å². The minimum atomic E-state index is -1.03. The van der Waals surface area contributed by atoms with E-state index in [2.05, 4.69) is 0 Å². The molecule has 0 fully saturated rings. The Hall–Kier alpha value is -1.26. The summed E-state index contributed by atoms with van der Waals surface area (Å²) in [5.41, 5.74) is 6.30. The van der Waals surface area contributed by atoms with Crippen LogP contribution in [0.1, 0.15) is 12.5 Å². The lowest BCUT2D eigenvalue weighted by Gasteiger charge is -2.12. The molecule has 0 heterocycles. The predicted octanol–water partition coefficient (Wildman–Crippen LogP) is 1.65. The average molecular weight is 230 g/mol. The zero-order valence-corrected chi connectivity index (χ0v) is 8.99. The maximum atomic E-state index is 10.5. The van der Waals surface area contributed by atoms with Crippen molar-refractivity contribution in [2.45, 2.75) is 19.6 Å². The summed E-state index contributed by atoms with van der Waals surface area (Å²) in [7, 11) is 0. The molecule has 0 radical (unpaired) electrons. The van der Waals surface area contributed by atoms with Gasteiger partial charge in [0.1, 0.15) is 5.75 Å². The fraction of sp³-hybridized carbons (Fsp3) is 0.300. The summed E-state index contributed by atoms with van der Waals surface area (Å²) in [5, 5.41) is 9.01. The molecule has 82 valence electrons. The Morgan fingerprint density at radius 1 is 1.67 bits per heavy atom. The summed E-state index contributed by atoms with van der Waals surface area (Å²) >= 11 is 5.88. The van der Waals surface area contributed by atoms with Crippen molar-refractivity contribution in [3.8, 4) is 5.75 Å². The van der Waals surface area contributed by atoms with Crippen LogP contribution < -0.4 is 10.5 Å². The summed E-state index contributed by atoms with van der Waals surface area (Å²) in [5.74, 6) is -0.683. The number of carboxylic acid groups (broad SMARTS) is 1. The number of carboxylic acids is 1. The fourth-order valence-electron chi connectivity index (χ4n) is 1.01. The zero-order chi connectivity index (χ0) is 11.4. The molecule has 4 nitrogen and oxygen atoms in total. The topological polar surface area (TPSA) is 72.5 Å². The van der Waals surface area contributed by atoms with Gasteiger partial charge in [-0.2, -0.15) is 0 Å². The number of rotatable bonds is 4. The number of aliphatic carboxylic acids is 1. The minimum Gasteiger partial charge on any atom is -0.479 e. The van der Waals surface area contributed by atoms with E-state index in [1.807, 2.05) is 0 Å². The quantitative estimate of drug-likeness (QED) is 0.824. The molecule has 0 aliphatic carbocycles. The molecule has 0 amide bonds. The van der Waals surface area contributed by atoms with E-state index in [0.29, 0.717) is 17.3 Å². The van der Waals surface area contributed by atoms with Crippen molar-refractivity contribution < 1.29 is 14.6 Å². The highest BCUT2D eigenvalue weighted by Gasteiger charge is 2.14. The van der Waals surface area contributed by atoms with E-state index in [4.69, 9.17) is 27.2 Å². The first-order valence-electron chi connectivity index (χ1n) is 4.42. The third kappa shape index (κ3) is 3.11. The zero-order valence-electron chi connectivity index (χ0n) is 8.24. The number of hydrogen-bond acceptors (Lipinski definition) is 3. The maximum Gasteiger partial charge on any atom is 0.344 e. The third-order valence-electron chi connectivity index (χ3n) is 1.88. The summed E-state index contributed by atoms with van der Waals surface area (Å²) in [6.07, 6.45) is -0.925. The Balaban J connectivity index is 2.82. The molecular weight excluding hydrogens is 218 g/mol. The second-order valence-corrected chi connectivity index (χ2v) is 3.47.